The number of carbonyl (C=O) groups is 1. The molecule has 0 bridgehead atoms. The molecule has 2 aromatic heterocycles. The first kappa shape index (κ1) is 19.1. The fraction of sp³-hybridized carbons (Fsp3) is 0.0417. The van der Waals surface area contributed by atoms with E-state index in [2.05, 4.69) is 22.6 Å². The first-order chi connectivity index (χ1) is 14.5. The van der Waals surface area contributed by atoms with Crippen LogP contribution in [-0.4, -0.2) is 22.9 Å². The van der Waals surface area contributed by atoms with E-state index in [1.807, 2.05) is 30.5 Å². The van der Waals surface area contributed by atoms with Gasteiger partial charge < -0.3 is 9.88 Å². The van der Waals surface area contributed by atoms with Gasteiger partial charge in [0.25, 0.3) is 0 Å². The number of carbonyl (C=O) groups excluding carboxylic acids is 1. The van der Waals surface area contributed by atoms with E-state index in [1.165, 1.54) is 18.0 Å². The summed E-state index contributed by atoms with van der Waals surface area (Å²) in [5, 5.41) is 10.1. The summed E-state index contributed by atoms with van der Waals surface area (Å²) in [6.45, 7) is 3.45. The molecule has 1 N–H and O–H groups in total. The summed E-state index contributed by atoms with van der Waals surface area (Å²) in [5.41, 5.74) is 4.76. The second kappa shape index (κ2) is 7.64. The van der Waals surface area contributed by atoms with Crippen LogP contribution < -0.4 is 4.90 Å². The zero-order valence-corrected chi connectivity index (χ0v) is 16.2. The second-order valence-corrected chi connectivity index (χ2v) is 6.78. The van der Waals surface area contributed by atoms with E-state index < -0.39 is 11.7 Å². The van der Waals surface area contributed by atoms with Gasteiger partial charge in [0.15, 0.2) is 0 Å². The van der Waals surface area contributed by atoms with Crippen LogP contribution in [0, 0.1) is 17.1 Å². The number of fused-ring (bicyclic) bond motifs is 1. The van der Waals surface area contributed by atoms with Crippen LogP contribution in [0.5, 0.6) is 0 Å². The van der Waals surface area contributed by atoms with Crippen LogP contribution in [-0.2, 0) is 4.79 Å². The van der Waals surface area contributed by atoms with Crippen LogP contribution in [0.2, 0.25) is 0 Å². The summed E-state index contributed by atoms with van der Waals surface area (Å²) in [7, 11) is 1.50. The zero-order valence-electron chi connectivity index (χ0n) is 16.2. The Labute approximate surface area is 172 Å². The number of nitrogens with zero attached hydrogens (tertiary/aromatic N) is 3. The van der Waals surface area contributed by atoms with Gasteiger partial charge in [0.1, 0.15) is 11.5 Å². The number of amides is 1. The first-order valence-corrected chi connectivity index (χ1v) is 9.19. The molecule has 0 atom stereocenters. The number of hydrogen-bond acceptors (Lipinski definition) is 3. The SMILES string of the molecule is C=CC(=O)N(C)c1cc(-c2cnc3[nH]cc(-c4cccc(C#N)c4)c3c2)ccc1F. The maximum atomic E-state index is 14.3. The molecule has 0 radical (unpaired) electrons. The minimum Gasteiger partial charge on any atom is -0.346 e. The number of hydrogen-bond donors (Lipinski definition) is 1. The number of anilines is 1. The monoisotopic (exact) mass is 396 g/mol. The highest BCUT2D eigenvalue weighted by molar-refractivity contribution is 6.01. The highest BCUT2D eigenvalue weighted by atomic mass is 19.1. The van der Waals surface area contributed by atoms with Gasteiger partial charge in [-0.2, -0.15) is 5.26 Å². The van der Waals surface area contributed by atoms with Crippen molar-refractivity contribution in [2.75, 3.05) is 11.9 Å². The normalized spacial score (nSPS) is 10.6. The van der Waals surface area contributed by atoms with E-state index >= 15 is 0 Å². The molecule has 0 unspecified atom stereocenters. The molecule has 0 aliphatic carbocycles. The second-order valence-electron chi connectivity index (χ2n) is 6.78. The Morgan fingerprint density at radius 1 is 1.20 bits per heavy atom. The largest absolute Gasteiger partial charge is 0.346 e. The third-order valence-electron chi connectivity index (χ3n) is 4.98. The van der Waals surface area contributed by atoms with Crippen LogP contribution in [0.25, 0.3) is 33.3 Å². The Kier molecular flexibility index (Phi) is 4.87. The van der Waals surface area contributed by atoms with Gasteiger partial charge in [-0.15, -0.1) is 0 Å². The predicted molar refractivity (Wildman–Crippen MR) is 115 cm³/mol. The van der Waals surface area contributed by atoms with Crippen molar-refractivity contribution in [3.63, 3.8) is 0 Å². The molecule has 0 spiro atoms. The number of H-pyrrole nitrogens is 1. The maximum Gasteiger partial charge on any atom is 0.250 e. The van der Waals surface area contributed by atoms with Crippen molar-refractivity contribution in [3.8, 4) is 28.3 Å². The molecular formula is C24H17FN4O. The first-order valence-electron chi connectivity index (χ1n) is 9.19. The van der Waals surface area contributed by atoms with Gasteiger partial charge in [-0.05, 0) is 47.5 Å². The molecule has 0 saturated carbocycles. The summed E-state index contributed by atoms with van der Waals surface area (Å²) >= 11 is 0. The van der Waals surface area contributed by atoms with Crippen molar-refractivity contribution in [2.45, 2.75) is 0 Å². The molecule has 0 aliphatic heterocycles. The van der Waals surface area contributed by atoms with Crippen molar-refractivity contribution >= 4 is 22.6 Å². The van der Waals surface area contributed by atoms with Gasteiger partial charge in [0.2, 0.25) is 5.91 Å². The molecule has 6 heteroatoms. The standard InChI is InChI=1S/C24H17FN4O/c1-3-23(30)29(2)22-11-16(7-8-21(22)25)18-10-19-20(14-28-24(19)27-13-18)17-6-4-5-15(9-17)12-26/h3-11,13-14H,1H2,2H3,(H,27,28). The Balaban J connectivity index is 1.82. The molecule has 2 heterocycles. The van der Waals surface area contributed by atoms with Crippen molar-refractivity contribution in [3.05, 3.63) is 85.0 Å². The third kappa shape index (κ3) is 3.33. The smallest absolute Gasteiger partial charge is 0.250 e. The quantitative estimate of drug-likeness (QED) is 0.490. The molecule has 146 valence electrons. The molecule has 30 heavy (non-hydrogen) atoms. The van der Waals surface area contributed by atoms with Gasteiger partial charge in [-0.25, -0.2) is 9.37 Å². The number of aromatic amines is 1. The average molecular weight is 396 g/mol. The highest BCUT2D eigenvalue weighted by Gasteiger charge is 2.15. The van der Waals surface area contributed by atoms with Gasteiger partial charge in [0.05, 0.1) is 17.3 Å². The lowest BCUT2D eigenvalue weighted by Gasteiger charge is -2.17. The number of rotatable bonds is 4. The number of nitriles is 1. The van der Waals surface area contributed by atoms with Gasteiger partial charge in [0, 0.05) is 36.0 Å². The fourth-order valence-corrected chi connectivity index (χ4v) is 3.36. The lowest BCUT2D eigenvalue weighted by atomic mass is 10.0. The van der Waals surface area contributed by atoms with Crippen LogP contribution in [0.3, 0.4) is 0 Å². The summed E-state index contributed by atoms with van der Waals surface area (Å²) in [6, 6.07) is 16.0. The van der Waals surface area contributed by atoms with Crippen molar-refractivity contribution in [2.24, 2.45) is 0 Å². The molecule has 0 fully saturated rings. The number of pyridine rings is 1. The lowest BCUT2D eigenvalue weighted by Crippen LogP contribution is -2.24. The molecule has 4 aromatic rings. The number of nitrogens with one attached hydrogen (secondary N) is 1. The summed E-state index contributed by atoms with van der Waals surface area (Å²) in [6.07, 6.45) is 4.69. The van der Waals surface area contributed by atoms with E-state index in [1.54, 1.807) is 24.4 Å². The molecule has 0 saturated heterocycles. The van der Waals surface area contributed by atoms with Crippen molar-refractivity contribution < 1.29 is 9.18 Å². The van der Waals surface area contributed by atoms with Crippen LogP contribution in [0.1, 0.15) is 5.56 Å². The number of likely N-dealkylation sites (N-methyl/N-ethyl adjacent to an activating group) is 1. The van der Waals surface area contributed by atoms with Gasteiger partial charge >= 0.3 is 0 Å². The van der Waals surface area contributed by atoms with Crippen LogP contribution >= 0.6 is 0 Å². The molecule has 0 aliphatic rings. The number of halogens is 1. The Morgan fingerprint density at radius 2 is 2.03 bits per heavy atom. The Bertz CT molecular complexity index is 1330. The van der Waals surface area contributed by atoms with E-state index in [-0.39, 0.29) is 5.69 Å². The summed E-state index contributed by atoms with van der Waals surface area (Å²) < 4.78 is 14.3. The number of aromatic nitrogens is 2. The maximum absolute atomic E-state index is 14.3. The topological polar surface area (TPSA) is 72.8 Å². The van der Waals surface area contributed by atoms with E-state index in [0.717, 1.165) is 33.7 Å². The summed E-state index contributed by atoms with van der Waals surface area (Å²) in [4.78, 5) is 20.8. The van der Waals surface area contributed by atoms with E-state index in [0.29, 0.717) is 11.2 Å². The van der Waals surface area contributed by atoms with Crippen molar-refractivity contribution in [1.82, 2.24) is 9.97 Å². The third-order valence-corrected chi connectivity index (χ3v) is 4.98. The Hall–Kier alpha value is -4.24. The van der Waals surface area contributed by atoms with Crippen molar-refractivity contribution in [1.29, 1.82) is 5.26 Å². The average Bonchev–Trinajstić information content (AvgIpc) is 3.21. The van der Waals surface area contributed by atoms with Gasteiger partial charge in [-0.3, -0.25) is 4.79 Å². The predicted octanol–water partition coefficient (Wildman–Crippen LogP) is 5.06. The van der Waals surface area contributed by atoms with Crippen LogP contribution in [0.4, 0.5) is 10.1 Å². The molecular weight excluding hydrogens is 379 g/mol. The molecule has 4 rings (SSSR count). The minimum absolute atomic E-state index is 0.161. The fourth-order valence-electron chi connectivity index (χ4n) is 3.36. The van der Waals surface area contributed by atoms with E-state index in [4.69, 9.17) is 0 Å². The summed E-state index contributed by atoms with van der Waals surface area (Å²) in [5.74, 6) is -0.897. The lowest BCUT2D eigenvalue weighted by molar-refractivity contribution is -0.113. The van der Waals surface area contributed by atoms with Crippen LogP contribution in [0.15, 0.2) is 73.6 Å². The number of benzene rings is 2. The Morgan fingerprint density at radius 3 is 2.80 bits per heavy atom. The molecule has 2 aromatic carbocycles. The zero-order chi connectivity index (χ0) is 21.3. The van der Waals surface area contributed by atoms with E-state index in [9.17, 15) is 14.4 Å². The highest BCUT2D eigenvalue weighted by Crippen LogP contribution is 2.33. The minimum atomic E-state index is -0.499. The van der Waals surface area contributed by atoms with Gasteiger partial charge in [-0.1, -0.05) is 24.8 Å². The molecule has 1 amide bonds. The molecule has 5 nitrogen and oxygen atoms in total.